The van der Waals surface area contributed by atoms with Crippen LogP contribution in [-0.2, 0) is 19.7 Å². The Hall–Kier alpha value is -1.43. The van der Waals surface area contributed by atoms with Crippen molar-refractivity contribution in [1.29, 1.82) is 0 Å². The van der Waals surface area contributed by atoms with Crippen LogP contribution in [0.2, 0.25) is 0 Å². The first-order valence-corrected chi connectivity index (χ1v) is 6.06. The van der Waals surface area contributed by atoms with E-state index < -0.39 is 5.41 Å². The van der Waals surface area contributed by atoms with E-state index in [4.69, 9.17) is 14.0 Å². The van der Waals surface area contributed by atoms with Crippen LogP contribution in [0.4, 0.5) is 0 Å². The lowest BCUT2D eigenvalue weighted by Crippen LogP contribution is -2.31. The van der Waals surface area contributed by atoms with Gasteiger partial charge in [-0.1, -0.05) is 5.16 Å². The number of carbonyl (C=O) groups is 1. The van der Waals surface area contributed by atoms with Gasteiger partial charge in [-0.2, -0.15) is 4.98 Å². The predicted octanol–water partition coefficient (Wildman–Crippen LogP) is 2.01. The molecule has 6 heteroatoms. The normalized spacial score (nSPS) is 13.4. The number of hydrogen-bond donors (Lipinski definition) is 0. The molecule has 0 radical (unpaired) electrons. The molecule has 0 aromatic carbocycles. The van der Waals surface area contributed by atoms with Gasteiger partial charge in [0.05, 0.1) is 6.61 Å². The van der Waals surface area contributed by atoms with Gasteiger partial charge < -0.3 is 14.0 Å². The van der Waals surface area contributed by atoms with Crippen molar-refractivity contribution >= 4 is 5.97 Å². The Morgan fingerprint density at radius 3 is 2.61 bits per heavy atom. The maximum atomic E-state index is 11.8. The molecule has 0 bridgehead atoms. The summed E-state index contributed by atoms with van der Waals surface area (Å²) in [5, 5.41) is 3.82. The summed E-state index contributed by atoms with van der Waals surface area (Å²) in [4.78, 5) is 16.0. The Kier molecular flexibility index (Phi) is 4.84. The fraction of sp³-hybridized carbons (Fsp3) is 0.750. The number of aromatic nitrogens is 2. The van der Waals surface area contributed by atoms with E-state index in [-0.39, 0.29) is 18.0 Å². The molecule has 1 aromatic rings. The first-order chi connectivity index (χ1) is 8.43. The van der Waals surface area contributed by atoms with Crippen molar-refractivity contribution in [2.75, 3.05) is 13.2 Å². The molecule has 0 N–H and O–H groups in total. The number of hydrogen-bond acceptors (Lipinski definition) is 6. The van der Waals surface area contributed by atoms with Gasteiger partial charge >= 0.3 is 5.97 Å². The zero-order valence-corrected chi connectivity index (χ0v) is 11.5. The van der Waals surface area contributed by atoms with Crippen LogP contribution in [-0.4, -0.2) is 29.3 Å². The first-order valence-electron chi connectivity index (χ1n) is 6.06. The third kappa shape index (κ3) is 3.07. The summed E-state index contributed by atoms with van der Waals surface area (Å²) in [6, 6.07) is 0. The van der Waals surface area contributed by atoms with E-state index >= 15 is 0 Å². The van der Waals surface area contributed by atoms with E-state index in [1.807, 2.05) is 13.8 Å². The maximum Gasteiger partial charge on any atom is 0.321 e. The first kappa shape index (κ1) is 14.6. The second kappa shape index (κ2) is 5.95. The molecular formula is C12H20N2O4. The molecule has 0 amide bonds. The van der Waals surface area contributed by atoms with Gasteiger partial charge in [-0.05, 0) is 34.6 Å². The fourth-order valence-electron chi connectivity index (χ4n) is 1.38. The Balaban J connectivity index is 2.87. The van der Waals surface area contributed by atoms with E-state index in [0.29, 0.717) is 19.0 Å². The molecule has 0 saturated carbocycles. The number of carbonyl (C=O) groups excluding carboxylic acids is 1. The molecule has 18 heavy (non-hydrogen) atoms. The van der Waals surface area contributed by atoms with Crippen LogP contribution in [0.3, 0.4) is 0 Å². The average Bonchev–Trinajstić information content (AvgIpc) is 2.79. The van der Waals surface area contributed by atoms with Crippen LogP contribution >= 0.6 is 0 Å². The highest BCUT2D eigenvalue weighted by Crippen LogP contribution is 2.25. The monoisotopic (exact) mass is 256 g/mol. The van der Waals surface area contributed by atoms with Crippen LogP contribution in [0.15, 0.2) is 4.52 Å². The third-order valence-electron chi connectivity index (χ3n) is 2.54. The summed E-state index contributed by atoms with van der Waals surface area (Å²) >= 11 is 0. The summed E-state index contributed by atoms with van der Waals surface area (Å²) in [7, 11) is 0. The van der Waals surface area contributed by atoms with E-state index in [2.05, 4.69) is 10.1 Å². The molecule has 1 heterocycles. The molecule has 0 saturated heterocycles. The van der Waals surface area contributed by atoms with Crippen molar-refractivity contribution in [3.8, 4) is 0 Å². The van der Waals surface area contributed by atoms with Gasteiger partial charge in [0, 0.05) is 6.61 Å². The number of rotatable bonds is 6. The summed E-state index contributed by atoms with van der Waals surface area (Å²) in [5.41, 5.74) is -0.951. The third-order valence-corrected chi connectivity index (χ3v) is 2.54. The van der Waals surface area contributed by atoms with Gasteiger partial charge in [0.25, 0.3) is 0 Å². The predicted molar refractivity (Wildman–Crippen MR) is 64.0 cm³/mol. The zero-order chi connectivity index (χ0) is 13.8. The average molecular weight is 256 g/mol. The highest BCUT2D eigenvalue weighted by molar-refractivity contribution is 5.80. The maximum absolute atomic E-state index is 11.8. The van der Waals surface area contributed by atoms with Gasteiger partial charge in [-0.3, -0.25) is 4.79 Å². The largest absolute Gasteiger partial charge is 0.465 e. The molecule has 1 atom stereocenters. The summed E-state index contributed by atoms with van der Waals surface area (Å²) in [5.74, 6) is 0.288. The van der Waals surface area contributed by atoms with Crippen molar-refractivity contribution in [2.45, 2.75) is 46.1 Å². The number of ether oxygens (including phenoxy) is 2. The van der Waals surface area contributed by atoms with E-state index in [0.717, 1.165) is 0 Å². The highest BCUT2D eigenvalue weighted by Gasteiger charge is 2.37. The molecule has 0 aliphatic carbocycles. The molecule has 6 nitrogen and oxygen atoms in total. The Morgan fingerprint density at radius 1 is 1.39 bits per heavy atom. The Labute approximate surface area is 107 Å². The molecule has 0 aliphatic heterocycles. The van der Waals surface area contributed by atoms with Gasteiger partial charge in [-0.15, -0.1) is 0 Å². The molecule has 1 unspecified atom stereocenters. The van der Waals surface area contributed by atoms with Crippen molar-refractivity contribution in [1.82, 2.24) is 10.1 Å². The lowest BCUT2D eigenvalue weighted by molar-refractivity contribution is -0.149. The van der Waals surface area contributed by atoms with Gasteiger partial charge in [-0.25, -0.2) is 0 Å². The molecule has 102 valence electrons. The minimum absolute atomic E-state index is 0.238. The SMILES string of the molecule is CCOC(=O)C(C)(C)c1nc(C(C)OCC)no1. The van der Waals surface area contributed by atoms with Crippen LogP contribution in [0.25, 0.3) is 0 Å². The fourth-order valence-corrected chi connectivity index (χ4v) is 1.38. The molecule has 0 spiro atoms. The van der Waals surface area contributed by atoms with Crippen LogP contribution < -0.4 is 0 Å². The van der Waals surface area contributed by atoms with Crippen LogP contribution in [0.5, 0.6) is 0 Å². The summed E-state index contributed by atoms with van der Waals surface area (Å²) in [6.07, 6.45) is -0.259. The van der Waals surface area contributed by atoms with E-state index in [1.165, 1.54) is 0 Å². The van der Waals surface area contributed by atoms with Gasteiger partial charge in [0.15, 0.2) is 5.82 Å². The second-order valence-corrected chi connectivity index (χ2v) is 4.40. The Morgan fingerprint density at radius 2 is 2.06 bits per heavy atom. The highest BCUT2D eigenvalue weighted by atomic mass is 16.5. The molecular weight excluding hydrogens is 236 g/mol. The number of esters is 1. The van der Waals surface area contributed by atoms with E-state index in [1.54, 1.807) is 20.8 Å². The van der Waals surface area contributed by atoms with Crippen molar-refractivity contribution in [2.24, 2.45) is 0 Å². The van der Waals surface area contributed by atoms with Gasteiger partial charge in [0.1, 0.15) is 11.5 Å². The van der Waals surface area contributed by atoms with Crippen LogP contribution in [0.1, 0.15) is 52.4 Å². The lowest BCUT2D eigenvalue weighted by atomic mass is 9.94. The minimum atomic E-state index is -0.951. The topological polar surface area (TPSA) is 74.5 Å². The summed E-state index contributed by atoms with van der Waals surface area (Å²) in [6.45, 7) is 9.73. The Bertz CT molecular complexity index is 401. The van der Waals surface area contributed by atoms with Crippen molar-refractivity contribution in [3.63, 3.8) is 0 Å². The zero-order valence-electron chi connectivity index (χ0n) is 11.5. The smallest absolute Gasteiger partial charge is 0.321 e. The molecule has 1 rings (SSSR count). The molecule has 1 aromatic heterocycles. The lowest BCUT2D eigenvalue weighted by Gasteiger charge is -2.17. The summed E-state index contributed by atoms with van der Waals surface area (Å²) < 4.78 is 15.5. The minimum Gasteiger partial charge on any atom is -0.465 e. The molecule has 0 fully saturated rings. The quantitative estimate of drug-likeness (QED) is 0.725. The van der Waals surface area contributed by atoms with Crippen molar-refractivity contribution in [3.05, 3.63) is 11.7 Å². The standard InChI is InChI=1S/C12H20N2O4/c1-6-16-8(3)9-13-10(18-14-9)12(4,5)11(15)17-7-2/h8H,6-7H2,1-5H3. The van der Waals surface area contributed by atoms with Gasteiger partial charge in [0.2, 0.25) is 5.89 Å². The van der Waals surface area contributed by atoms with E-state index in [9.17, 15) is 4.79 Å². The van der Waals surface area contributed by atoms with Crippen LogP contribution in [0, 0.1) is 0 Å². The van der Waals surface area contributed by atoms with Crippen molar-refractivity contribution < 1.29 is 18.8 Å². The molecule has 0 aliphatic rings. The number of nitrogens with zero attached hydrogens (tertiary/aromatic N) is 2. The second-order valence-electron chi connectivity index (χ2n) is 4.40.